The zero-order chi connectivity index (χ0) is 12.8. The summed E-state index contributed by atoms with van der Waals surface area (Å²) in [6.07, 6.45) is 2.29. The zero-order valence-corrected chi connectivity index (χ0v) is 12.1. The van der Waals surface area contributed by atoms with Crippen molar-refractivity contribution in [2.24, 2.45) is 0 Å². The molecule has 0 bridgehead atoms. The van der Waals surface area contributed by atoms with Crippen LogP contribution in [0.3, 0.4) is 0 Å². The van der Waals surface area contributed by atoms with E-state index in [0.717, 1.165) is 12.8 Å². The van der Waals surface area contributed by atoms with Gasteiger partial charge in [0.2, 0.25) is 0 Å². The van der Waals surface area contributed by atoms with Gasteiger partial charge in [-0.05, 0) is 51.9 Å². The quantitative estimate of drug-likeness (QED) is 0.524. The summed E-state index contributed by atoms with van der Waals surface area (Å²) in [4.78, 5) is 0. The Morgan fingerprint density at radius 3 is 2.37 bits per heavy atom. The standard InChI is InChI=1S/C18H13Br/c19-18-11-17-13-6-2-1-5-12(13)9-10-15(17)14-7-3-4-8-16(14)18/h1-8,11H,9-10H2. The van der Waals surface area contributed by atoms with Crippen molar-refractivity contribution in [3.63, 3.8) is 0 Å². The molecule has 0 aromatic heterocycles. The van der Waals surface area contributed by atoms with E-state index in [1.807, 2.05) is 0 Å². The zero-order valence-electron chi connectivity index (χ0n) is 10.5. The Bertz CT molecular complexity index is 787. The maximum atomic E-state index is 3.73. The summed E-state index contributed by atoms with van der Waals surface area (Å²) in [5.41, 5.74) is 5.76. The Balaban J connectivity index is 2.13. The van der Waals surface area contributed by atoms with Crippen molar-refractivity contribution in [1.29, 1.82) is 0 Å². The molecule has 0 saturated carbocycles. The van der Waals surface area contributed by atoms with Gasteiger partial charge < -0.3 is 0 Å². The Morgan fingerprint density at radius 2 is 1.47 bits per heavy atom. The van der Waals surface area contributed by atoms with E-state index in [1.165, 1.54) is 37.5 Å². The molecule has 1 heteroatoms. The molecule has 0 fully saturated rings. The SMILES string of the molecule is Brc1cc2c(c3ccccc13)CCc1ccccc1-2. The first-order valence-electron chi connectivity index (χ1n) is 6.63. The lowest BCUT2D eigenvalue weighted by Gasteiger charge is -2.22. The molecular formula is C18H13Br. The van der Waals surface area contributed by atoms with E-state index in [9.17, 15) is 0 Å². The molecule has 0 unspecified atom stereocenters. The van der Waals surface area contributed by atoms with Crippen LogP contribution in [0.25, 0.3) is 21.9 Å². The number of fused-ring (bicyclic) bond motifs is 5. The predicted octanol–water partition coefficient (Wildman–Crippen LogP) is 5.37. The summed E-state index contributed by atoms with van der Waals surface area (Å²) in [5.74, 6) is 0. The number of halogens is 1. The molecule has 1 aliphatic rings. The topological polar surface area (TPSA) is 0 Å². The van der Waals surface area contributed by atoms with E-state index in [4.69, 9.17) is 0 Å². The van der Waals surface area contributed by atoms with Gasteiger partial charge in [0.25, 0.3) is 0 Å². The summed E-state index contributed by atoms with van der Waals surface area (Å²) in [5, 5.41) is 2.71. The van der Waals surface area contributed by atoms with Crippen LogP contribution in [0, 0.1) is 0 Å². The minimum atomic E-state index is 1.14. The minimum absolute atomic E-state index is 1.14. The molecule has 4 rings (SSSR count). The average Bonchev–Trinajstić information content (AvgIpc) is 2.47. The lowest BCUT2D eigenvalue weighted by molar-refractivity contribution is 0.951. The van der Waals surface area contributed by atoms with Crippen molar-refractivity contribution in [1.82, 2.24) is 0 Å². The van der Waals surface area contributed by atoms with Gasteiger partial charge >= 0.3 is 0 Å². The van der Waals surface area contributed by atoms with E-state index < -0.39 is 0 Å². The molecule has 0 aliphatic heterocycles. The van der Waals surface area contributed by atoms with Crippen molar-refractivity contribution in [3.05, 3.63) is 70.2 Å². The summed E-state index contributed by atoms with van der Waals surface area (Å²) in [6, 6.07) is 19.7. The van der Waals surface area contributed by atoms with Crippen LogP contribution in [0.15, 0.2) is 59.1 Å². The van der Waals surface area contributed by atoms with Crippen LogP contribution in [0.1, 0.15) is 11.1 Å². The number of benzene rings is 3. The fraction of sp³-hybridized carbons (Fsp3) is 0.111. The number of aryl methyl sites for hydroxylation is 2. The first-order valence-corrected chi connectivity index (χ1v) is 7.42. The number of rotatable bonds is 0. The lowest BCUT2D eigenvalue weighted by atomic mass is 9.83. The van der Waals surface area contributed by atoms with Crippen LogP contribution < -0.4 is 0 Å². The van der Waals surface area contributed by atoms with E-state index in [1.54, 1.807) is 0 Å². The first-order chi connectivity index (χ1) is 9.34. The molecule has 0 atom stereocenters. The molecule has 0 saturated heterocycles. The van der Waals surface area contributed by atoms with E-state index in [2.05, 4.69) is 70.5 Å². The van der Waals surface area contributed by atoms with E-state index in [-0.39, 0.29) is 0 Å². The monoisotopic (exact) mass is 308 g/mol. The fourth-order valence-electron chi connectivity index (χ4n) is 3.16. The third kappa shape index (κ3) is 1.65. The molecule has 19 heavy (non-hydrogen) atoms. The van der Waals surface area contributed by atoms with Crippen LogP contribution in [0.5, 0.6) is 0 Å². The molecule has 0 amide bonds. The molecular weight excluding hydrogens is 296 g/mol. The van der Waals surface area contributed by atoms with Crippen molar-refractivity contribution in [2.45, 2.75) is 12.8 Å². The minimum Gasteiger partial charge on any atom is -0.0620 e. The molecule has 3 aromatic carbocycles. The van der Waals surface area contributed by atoms with Crippen LogP contribution in [0.2, 0.25) is 0 Å². The van der Waals surface area contributed by atoms with Crippen molar-refractivity contribution < 1.29 is 0 Å². The highest BCUT2D eigenvalue weighted by atomic mass is 79.9. The Kier molecular flexibility index (Phi) is 2.49. The Hall–Kier alpha value is -1.60. The maximum absolute atomic E-state index is 3.73. The molecule has 0 N–H and O–H groups in total. The van der Waals surface area contributed by atoms with Gasteiger partial charge in [-0.3, -0.25) is 0 Å². The summed E-state index contributed by atoms with van der Waals surface area (Å²) in [6.45, 7) is 0. The normalized spacial score (nSPS) is 13.1. The third-order valence-corrected chi connectivity index (χ3v) is 4.71. The van der Waals surface area contributed by atoms with Crippen LogP contribution in [-0.4, -0.2) is 0 Å². The Morgan fingerprint density at radius 1 is 0.737 bits per heavy atom. The molecule has 0 nitrogen and oxygen atoms in total. The first kappa shape index (κ1) is 11.2. The molecule has 0 heterocycles. The maximum Gasteiger partial charge on any atom is 0.0260 e. The highest BCUT2D eigenvalue weighted by Crippen LogP contribution is 2.40. The second-order valence-electron chi connectivity index (χ2n) is 5.09. The van der Waals surface area contributed by atoms with Crippen LogP contribution in [-0.2, 0) is 12.8 Å². The van der Waals surface area contributed by atoms with Crippen LogP contribution in [0.4, 0.5) is 0 Å². The second-order valence-corrected chi connectivity index (χ2v) is 5.94. The lowest BCUT2D eigenvalue weighted by Crippen LogP contribution is -2.04. The van der Waals surface area contributed by atoms with Gasteiger partial charge in [-0.15, -0.1) is 0 Å². The second kappa shape index (κ2) is 4.21. The van der Waals surface area contributed by atoms with Crippen LogP contribution >= 0.6 is 15.9 Å². The summed E-state index contributed by atoms with van der Waals surface area (Å²) < 4.78 is 1.19. The number of hydrogen-bond acceptors (Lipinski definition) is 0. The largest absolute Gasteiger partial charge is 0.0620 e. The highest BCUT2D eigenvalue weighted by molar-refractivity contribution is 9.10. The third-order valence-electron chi connectivity index (χ3n) is 4.06. The van der Waals surface area contributed by atoms with Gasteiger partial charge in [0.15, 0.2) is 0 Å². The van der Waals surface area contributed by atoms with Gasteiger partial charge in [0.05, 0.1) is 0 Å². The molecule has 0 spiro atoms. The van der Waals surface area contributed by atoms with Gasteiger partial charge in [0, 0.05) is 4.47 Å². The molecule has 0 radical (unpaired) electrons. The Labute approximate surface area is 121 Å². The van der Waals surface area contributed by atoms with Gasteiger partial charge in [-0.2, -0.15) is 0 Å². The fourth-order valence-corrected chi connectivity index (χ4v) is 3.74. The predicted molar refractivity (Wildman–Crippen MR) is 84.5 cm³/mol. The smallest absolute Gasteiger partial charge is 0.0260 e. The number of hydrogen-bond donors (Lipinski definition) is 0. The van der Waals surface area contributed by atoms with Gasteiger partial charge in [-0.1, -0.05) is 64.5 Å². The van der Waals surface area contributed by atoms with Gasteiger partial charge in [-0.25, -0.2) is 0 Å². The average molecular weight is 309 g/mol. The highest BCUT2D eigenvalue weighted by Gasteiger charge is 2.18. The van der Waals surface area contributed by atoms with Crippen molar-refractivity contribution >= 4 is 26.7 Å². The van der Waals surface area contributed by atoms with E-state index >= 15 is 0 Å². The van der Waals surface area contributed by atoms with E-state index in [0.29, 0.717) is 0 Å². The molecule has 3 aromatic rings. The molecule has 92 valence electrons. The van der Waals surface area contributed by atoms with Crippen molar-refractivity contribution in [2.75, 3.05) is 0 Å². The van der Waals surface area contributed by atoms with Gasteiger partial charge in [0.1, 0.15) is 0 Å². The summed E-state index contributed by atoms with van der Waals surface area (Å²) in [7, 11) is 0. The van der Waals surface area contributed by atoms with Crippen molar-refractivity contribution in [3.8, 4) is 11.1 Å². The summed E-state index contributed by atoms with van der Waals surface area (Å²) >= 11 is 3.73. The molecule has 1 aliphatic carbocycles.